The average molecular weight is 447 g/mol. The van der Waals surface area contributed by atoms with Crippen molar-refractivity contribution in [3.05, 3.63) is 12.2 Å². The van der Waals surface area contributed by atoms with E-state index < -0.39 is 29.0 Å². The molecule has 12 atom stereocenters. The number of hydrogen-bond acceptors (Lipinski definition) is 5. The molecule has 5 nitrogen and oxygen atoms in total. The Kier molecular flexibility index (Phi) is 4.69. The molecular formula is C27H42O5. The van der Waals surface area contributed by atoms with Crippen molar-refractivity contribution < 1.29 is 24.8 Å². The van der Waals surface area contributed by atoms with E-state index >= 15 is 0 Å². The highest BCUT2D eigenvalue weighted by atomic mass is 16.7. The highest BCUT2D eigenvalue weighted by molar-refractivity contribution is 5.19. The van der Waals surface area contributed by atoms with Crippen LogP contribution in [0, 0.1) is 40.4 Å². The van der Waals surface area contributed by atoms with Gasteiger partial charge in [0.15, 0.2) is 5.79 Å². The maximum atomic E-state index is 11.7. The summed E-state index contributed by atoms with van der Waals surface area (Å²) in [6, 6.07) is 0. The fraction of sp³-hybridized carbons (Fsp3) is 0.926. The molecule has 0 radical (unpaired) electrons. The zero-order chi connectivity index (χ0) is 22.7. The fourth-order valence-electron chi connectivity index (χ4n) is 10.2. The summed E-state index contributed by atoms with van der Waals surface area (Å²) in [5, 5.41) is 33.1. The maximum absolute atomic E-state index is 11.7. The lowest BCUT2D eigenvalue weighted by Gasteiger charge is -2.65. The van der Waals surface area contributed by atoms with E-state index in [4.69, 9.17) is 9.47 Å². The maximum Gasteiger partial charge on any atom is 0.172 e. The standard InChI is InChI=1S/C27H42O5/c1-15-5-10-27(31-14-15)16(2)23-21(32-27)12-20-18-6-9-26(30)13-17(28)11-22(29)25(26,4)19(18)7-8-24(20,23)3/h16-23,28-30H,1,5-14H2,2-4H3. The lowest BCUT2D eigenvalue weighted by molar-refractivity contribution is -0.267. The van der Waals surface area contributed by atoms with E-state index in [0.717, 1.165) is 38.5 Å². The van der Waals surface area contributed by atoms with Crippen molar-refractivity contribution in [3.63, 3.8) is 0 Å². The smallest absolute Gasteiger partial charge is 0.172 e. The number of rotatable bonds is 0. The van der Waals surface area contributed by atoms with Gasteiger partial charge in [0.05, 0.1) is 30.5 Å². The molecule has 0 bridgehead atoms. The number of fused-ring (bicyclic) bond motifs is 7. The highest BCUT2D eigenvalue weighted by Gasteiger charge is 2.71. The van der Waals surface area contributed by atoms with Gasteiger partial charge >= 0.3 is 0 Å². The molecule has 0 aromatic carbocycles. The second-order valence-corrected chi connectivity index (χ2v) is 12.9. The average Bonchev–Trinajstić information content (AvgIpc) is 3.17. The predicted octanol–water partition coefficient (Wildman–Crippen LogP) is 3.80. The Morgan fingerprint density at radius 1 is 1.03 bits per heavy atom. The zero-order valence-corrected chi connectivity index (χ0v) is 20.1. The van der Waals surface area contributed by atoms with E-state index in [-0.39, 0.29) is 11.5 Å². The Morgan fingerprint density at radius 3 is 2.53 bits per heavy atom. The van der Waals surface area contributed by atoms with Gasteiger partial charge in [0, 0.05) is 24.2 Å². The third-order valence-electron chi connectivity index (χ3n) is 11.9. The van der Waals surface area contributed by atoms with Crippen LogP contribution in [-0.4, -0.2) is 51.6 Å². The molecule has 6 fully saturated rings. The van der Waals surface area contributed by atoms with E-state index in [1.165, 1.54) is 5.57 Å². The van der Waals surface area contributed by atoms with Crippen LogP contribution in [0.3, 0.4) is 0 Å². The molecule has 1 spiro atoms. The number of ether oxygens (including phenoxy) is 2. The number of aliphatic hydroxyl groups excluding tert-OH is 2. The van der Waals surface area contributed by atoms with Gasteiger partial charge in [0.2, 0.25) is 0 Å². The molecular weight excluding hydrogens is 404 g/mol. The number of hydrogen-bond donors (Lipinski definition) is 3. The van der Waals surface area contributed by atoms with Gasteiger partial charge in [0.25, 0.3) is 0 Å². The van der Waals surface area contributed by atoms with Gasteiger partial charge in [0.1, 0.15) is 0 Å². The molecule has 2 aliphatic heterocycles. The van der Waals surface area contributed by atoms with Crippen LogP contribution in [0.5, 0.6) is 0 Å². The van der Waals surface area contributed by atoms with Gasteiger partial charge in [-0.05, 0) is 74.0 Å². The van der Waals surface area contributed by atoms with E-state index in [9.17, 15) is 15.3 Å². The molecule has 5 heteroatoms. The summed E-state index contributed by atoms with van der Waals surface area (Å²) in [5.41, 5.74) is -0.0986. The SMILES string of the molecule is C=C1CCC2(OC1)OC1CC3C4CCC5(O)CC(O)CC(O)C5(C)C4CCC3(C)C1C2C. The predicted molar refractivity (Wildman–Crippen MR) is 121 cm³/mol. The minimum atomic E-state index is -0.959. The van der Waals surface area contributed by atoms with Crippen molar-refractivity contribution in [2.24, 2.45) is 40.4 Å². The molecule has 0 aromatic rings. The molecule has 32 heavy (non-hydrogen) atoms. The van der Waals surface area contributed by atoms with Gasteiger partial charge in [-0.1, -0.05) is 32.9 Å². The molecule has 2 saturated heterocycles. The molecule has 3 N–H and O–H groups in total. The summed E-state index contributed by atoms with van der Waals surface area (Å²) in [6.45, 7) is 11.7. The molecule has 12 unspecified atom stereocenters. The molecule has 0 aromatic heterocycles. The minimum absolute atomic E-state index is 0.220. The van der Waals surface area contributed by atoms with Gasteiger partial charge in [-0.25, -0.2) is 0 Å². The zero-order valence-electron chi connectivity index (χ0n) is 20.1. The third-order valence-corrected chi connectivity index (χ3v) is 11.9. The summed E-state index contributed by atoms with van der Waals surface area (Å²) in [7, 11) is 0. The molecule has 0 amide bonds. The van der Waals surface area contributed by atoms with E-state index in [0.29, 0.717) is 55.5 Å². The van der Waals surface area contributed by atoms with E-state index in [1.54, 1.807) is 0 Å². The van der Waals surface area contributed by atoms with Crippen LogP contribution in [0.25, 0.3) is 0 Å². The second kappa shape index (κ2) is 6.81. The van der Waals surface area contributed by atoms with Gasteiger partial charge in [-0.15, -0.1) is 0 Å². The monoisotopic (exact) mass is 446 g/mol. The summed E-state index contributed by atoms with van der Waals surface area (Å²) < 4.78 is 13.1. The van der Waals surface area contributed by atoms with Crippen LogP contribution in [0.15, 0.2) is 12.2 Å². The van der Waals surface area contributed by atoms with Crippen molar-refractivity contribution in [2.75, 3.05) is 6.61 Å². The lowest BCUT2D eigenvalue weighted by Crippen LogP contribution is -2.68. The summed E-state index contributed by atoms with van der Waals surface area (Å²) in [6.07, 6.45) is 6.64. The fourth-order valence-corrected chi connectivity index (χ4v) is 10.2. The Bertz CT molecular complexity index is 802. The molecule has 6 aliphatic rings. The van der Waals surface area contributed by atoms with Gasteiger partial charge in [-0.3, -0.25) is 0 Å². The van der Waals surface area contributed by atoms with Crippen molar-refractivity contribution in [3.8, 4) is 0 Å². The minimum Gasteiger partial charge on any atom is -0.393 e. The largest absolute Gasteiger partial charge is 0.393 e. The molecule has 4 aliphatic carbocycles. The van der Waals surface area contributed by atoms with Gasteiger partial charge < -0.3 is 24.8 Å². The van der Waals surface area contributed by atoms with Crippen LogP contribution in [0.2, 0.25) is 0 Å². The Morgan fingerprint density at radius 2 is 1.81 bits per heavy atom. The third kappa shape index (κ3) is 2.58. The molecule has 4 saturated carbocycles. The molecule has 6 rings (SSSR count). The molecule has 2 heterocycles. The first-order valence-corrected chi connectivity index (χ1v) is 13.1. The second-order valence-electron chi connectivity index (χ2n) is 12.9. The van der Waals surface area contributed by atoms with Crippen molar-refractivity contribution in [1.29, 1.82) is 0 Å². The Hall–Kier alpha value is -0.460. The van der Waals surface area contributed by atoms with Crippen LogP contribution in [0.1, 0.15) is 78.6 Å². The van der Waals surface area contributed by atoms with Crippen molar-refractivity contribution in [1.82, 2.24) is 0 Å². The topological polar surface area (TPSA) is 79.2 Å². The first-order chi connectivity index (χ1) is 15.0. The van der Waals surface area contributed by atoms with Gasteiger partial charge in [-0.2, -0.15) is 0 Å². The first kappa shape index (κ1) is 22.0. The summed E-state index contributed by atoms with van der Waals surface area (Å²) in [4.78, 5) is 0. The lowest BCUT2D eigenvalue weighted by atomic mass is 9.42. The quantitative estimate of drug-likeness (QED) is 0.493. The van der Waals surface area contributed by atoms with Crippen LogP contribution in [0.4, 0.5) is 0 Å². The summed E-state index contributed by atoms with van der Waals surface area (Å²) in [5.74, 6) is 1.82. The van der Waals surface area contributed by atoms with Crippen LogP contribution in [-0.2, 0) is 9.47 Å². The van der Waals surface area contributed by atoms with Crippen LogP contribution < -0.4 is 0 Å². The Balaban J connectivity index is 1.29. The van der Waals surface area contributed by atoms with E-state index in [1.807, 2.05) is 0 Å². The summed E-state index contributed by atoms with van der Waals surface area (Å²) >= 11 is 0. The number of aliphatic hydroxyl groups is 3. The first-order valence-electron chi connectivity index (χ1n) is 13.1. The van der Waals surface area contributed by atoms with Crippen molar-refractivity contribution in [2.45, 2.75) is 108 Å². The van der Waals surface area contributed by atoms with Crippen molar-refractivity contribution >= 4 is 0 Å². The molecule has 180 valence electrons. The van der Waals surface area contributed by atoms with E-state index in [2.05, 4.69) is 27.4 Å². The highest BCUT2D eigenvalue weighted by Crippen LogP contribution is 2.71. The van der Waals surface area contributed by atoms with Crippen LogP contribution >= 0.6 is 0 Å². The normalized spacial score (nSPS) is 61.8. The Labute approximate surface area is 192 Å².